The standard InChI is InChI=1S/C25H29F3N2O/c1-2-3-15-30-18-23(20-8-10-21(11-9-20)31-25(26,27)28)22-16-19(7-12-24(22)30)17-29-13-5-4-6-14-29/h7-12,16,18H,2-6,13-15,17H2,1H3. The summed E-state index contributed by atoms with van der Waals surface area (Å²) in [7, 11) is 0. The first-order valence-electron chi connectivity index (χ1n) is 11.1. The number of aryl methyl sites for hydroxylation is 1. The minimum atomic E-state index is -4.68. The molecule has 0 amide bonds. The number of ether oxygens (including phenoxy) is 1. The molecule has 2 aromatic carbocycles. The highest BCUT2D eigenvalue weighted by Crippen LogP contribution is 2.34. The molecule has 0 atom stereocenters. The molecule has 0 bridgehead atoms. The predicted molar refractivity (Wildman–Crippen MR) is 118 cm³/mol. The number of rotatable bonds is 7. The molecule has 1 aliphatic heterocycles. The molecule has 1 fully saturated rings. The van der Waals surface area contributed by atoms with Gasteiger partial charge in [0.15, 0.2) is 0 Å². The van der Waals surface area contributed by atoms with E-state index < -0.39 is 6.36 Å². The Labute approximate surface area is 181 Å². The molecule has 1 aliphatic rings. The van der Waals surface area contributed by atoms with Gasteiger partial charge in [0.2, 0.25) is 0 Å². The average Bonchev–Trinajstić information content (AvgIpc) is 3.10. The maximum Gasteiger partial charge on any atom is 0.573 e. The number of likely N-dealkylation sites (tertiary alicyclic amines) is 1. The zero-order chi connectivity index (χ0) is 21.8. The van der Waals surface area contributed by atoms with Crippen molar-refractivity contribution in [1.29, 1.82) is 0 Å². The normalized spacial score (nSPS) is 15.5. The summed E-state index contributed by atoms with van der Waals surface area (Å²) < 4.78 is 43.8. The molecule has 0 radical (unpaired) electrons. The highest BCUT2D eigenvalue weighted by atomic mass is 19.4. The molecule has 6 heteroatoms. The molecule has 0 N–H and O–H groups in total. The number of aromatic nitrogens is 1. The number of halogens is 3. The molecular weight excluding hydrogens is 401 g/mol. The Morgan fingerprint density at radius 1 is 0.968 bits per heavy atom. The fraction of sp³-hybridized carbons (Fsp3) is 0.440. The monoisotopic (exact) mass is 430 g/mol. The Balaban J connectivity index is 1.67. The second-order valence-electron chi connectivity index (χ2n) is 8.35. The van der Waals surface area contributed by atoms with Gasteiger partial charge in [-0.1, -0.05) is 38.0 Å². The zero-order valence-corrected chi connectivity index (χ0v) is 17.9. The molecule has 0 unspecified atom stereocenters. The van der Waals surface area contributed by atoms with Crippen molar-refractivity contribution in [2.45, 2.75) is 58.5 Å². The van der Waals surface area contributed by atoms with Crippen LogP contribution in [0.3, 0.4) is 0 Å². The van der Waals surface area contributed by atoms with Crippen LogP contribution in [0.25, 0.3) is 22.0 Å². The first kappa shape index (κ1) is 21.8. The number of alkyl halides is 3. The lowest BCUT2D eigenvalue weighted by Gasteiger charge is -2.26. The highest BCUT2D eigenvalue weighted by Gasteiger charge is 2.31. The van der Waals surface area contributed by atoms with Crippen molar-refractivity contribution in [2.75, 3.05) is 13.1 Å². The molecule has 4 rings (SSSR count). The lowest BCUT2D eigenvalue weighted by molar-refractivity contribution is -0.274. The topological polar surface area (TPSA) is 17.4 Å². The summed E-state index contributed by atoms with van der Waals surface area (Å²) in [6.45, 7) is 6.32. The summed E-state index contributed by atoms with van der Waals surface area (Å²) in [5, 5.41) is 1.15. The van der Waals surface area contributed by atoms with E-state index in [2.05, 4.69) is 45.5 Å². The van der Waals surface area contributed by atoms with Crippen LogP contribution in [0.1, 0.15) is 44.6 Å². The first-order valence-corrected chi connectivity index (χ1v) is 11.1. The van der Waals surface area contributed by atoms with E-state index in [1.807, 2.05) is 0 Å². The van der Waals surface area contributed by atoms with Crippen molar-refractivity contribution in [3.8, 4) is 16.9 Å². The third-order valence-corrected chi connectivity index (χ3v) is 5.95. The fourth-order valence-corrected chi connectivity index (χ4v) is 4.40. The number of nitrogens with zero attached hydrogens (tertiary/aromatic N) is 2. The molecule has 0 spiro atoms. The van der Waals surface area contributed by atoms with Crippen LogP contribution in [-0.2, 0) is 13.1 Å². The smallest absolute Gasteiger partial charge is 0.406 e. The van der Waals surface area contributed by atoms with Crippen LogP contribution in [0.4, 0.5) is 13.2 Å². The van der Waals surface area contributed by atoms with Crippen LogP contribution < -0.4 is 4.74 Å². The number of hydrogen-bond donors (Lipinski definition) is 0. The molecule has 1 saturated heterocycles. The fourth-order valence-electron chi connectivity index (χ4n) is 4.40. The Morgan fingerprint density at radius 2 is 1.71 bits per heavy atom. The average molecular weight is 431 g/mol. The molecule has 31 heavy (non-hydrogen) atoms. The summed E-state index contributed by atoms with van der Waals surface area (Å²) in [5.74, 6) is -0.197. The van der Waals surface area contributed by atoms with Crippen molar-refractivity contribution < 1.29 is 17.9 Å². The van der Waals surface area contributed by atoms with E-state index in [9.17, 15) is 13.2 Å². The predicted octanol–water partition coefficient (Wildman–Crippen LogP) is 6.99. The second-order valence-corrected chi connectivity index (χ2v) is 8.35. The first-order chi connectivity index (χ1) is 14.9. The van der Waals surface area contributed by atoms with E-state index >= 15 is 0 Å². The quantitative estimate of drug-likeness (QED) is 0.402. The molecule has 2 heterocycles. The van der Waals surface area contributed by atoms with Crippen LogP contribution in [0, 0.1) is 0 Å². The number of unbranched alkanes of at least 4 members (excludes halogenated alkanes) is 1. The third kappa shape index (κ3) is 5.42. The lowest BCUT2D eigenvalue weighted by atomic mass is 10.0. The minimum absolute atomic E-state index is 0.197. The molecule has 3 aromatic rings. The van der Waals surface area contributed by atoms with Crippen molar-refractivity contribution in [3.05, 3.63) is 54.2 Å². The van der Waals surface area contributed by atoms with Crippen LogP contribution in [-0.4, -0.2) is 28.9 Å². The summed E-state index contributed by atoms with van der Waals surface area (Å²) >= 11 is 0. The molecule has 0 aliphatic carbocycles. The van der Waals surface area contributed by atoms with Crippen LogP contribution in [0.15, 0.2) is 48.7 Å². The van der Waals surface area contributed by atoms with Gasteiger partial charge in [0.05, 0.1) is 0 Å². The SMILES string of the molecule is CCCCn1cc(-c2ccc(OC(F)(F)F)cc2)c2cc(CN3CCCCC3)ccc21. The third-order valence-electron chi connectivity index (χ3n) is 5.95. The number of piperidine rings is 1. The van der Waals surface area contributed by atoms with Crippen molar-refractivity contribution in [3.63, 3.8) is 0 Å². The number of hydrogen-bond acceptors (Lipinski definition) is 2. The minimum Gasteiger partial charge on any atom is -0.406 e. The van der Waals surface area contributed by atoms with Crippen LogP contribution in [0.2, 0.25) is 0 Å². The van der Waals surface area contributed by atoms with Gasteiger partial charge < -0.3 is 9.30 Å². The van der Waals surface area contributed by atoms with Gasteiger partial charge in [-0.2, -0.15) is 0 Å². The molecule has 166 valence electrons. The summed E-state index contributed by atoms with van der Waals surface area (Å²) in [4.78, 5) is 2.50. The van der Waals surface area contributed by atoms with Crippen molar-refractivity contribution >= 4 is 10.9 Å². The number of benzene rings is 2. The lowest BCUT2D eigenvalue weighted by Crippen LogP contribution is -2.29. The highest BCUT2D eigenvalue weighted by molar-refractivity contribution is 5.96. The van der Waals surface area contributed by atoms with Crippen LogP contribution in [0.5, 0.6) is 5.75 Å². The summed E-state index contributed by atoms with van der Waals surface area (Å²) in [5.41, 5.74) is 4.39. The Bertz CT molecular complexity index is 1000. The van der Waals surface area contributed by atoms with Gasteiger partial charge in [-0.3, -0.25) is 4.90 Å². The van der Waals surface area contributed by atoms with E-state index in [-0.39, 0.29) is 5.75 Å². The Morgan fingerprint density at radius 3 is 2.39 bits per heavy atom. The van der Waals surface area contributed by atoms with E-state index in [1.165, 1.54) is 42.5 Å². The Hall–Kier alpha value is -2.47. The van der Waals surface area contributed by atoms with Gasteiger partial charge in [-0.25, -0.2) is 0 Å². The van der Waals surface area contributed by atoms with E-state index in [1.54, 1.807) is 12.1 Å². The zero-order valence-electron chi connectivity index (χ0n) is 17.9. The van der Waals surface area contributed by atoms with Gasteiger partial charge >= 0.3 is 6.36 Å². The maximum absolute atomic E-state index is 12.5. The van der Waals surface area contributed by atoms with Gasteiger partial charge in [0.1, 0.15) is 5.75 Å². The molecule has 3 nitrogen and oxygen atoms in total. The summed E-state index contributed by atoms with van der Waals surface area (Å²) in [6.07, 6.45) is 3.46. The van der Waals surface area contributed by atoms with Gasteiger partial charge in [0, 0.05) is 35.8 Å². The molecule has 1 aromatic heterocycles. The van der Waals surface area contributed by atoms with E-state index in [0.29, 0.717) is 0 Å². The molecular formula is C25H29F3N2O. The largest absolute Gasteiger partial charge is 0.573 e. The molecule has 0 saturated carbocycles. The van der Waals surface area contributed by atoms with Gasteiger partial charge in [-0.15, -0.1) is 13.2 Å². The maximum atomic E-state index is 12.5. The number of fused-ring (bicyclic) bond motifs is 1. The van der Waals surface area contributed by atoms with E-state index in [4.69, 9.17) is 0 Å². The Kier molecular flexibility index (Phi) is 6.56. The van der Waals surface area contributed by atoms with Crippen molar-refractivity contribution in [2.24, 2.45) is 0 Å². The van der Waals surface area contributed by atoms with Gasteiger partial charge in [-0.05, 0) is 67.7 Å². The second kappa shape index (κ2) is 9.35. The van der Waals surface area contributed by atoms with E-state index in [0.717, 1.165) is 55.5 Å². The van der Waals surface area contributed by atoms with Crippen LogP contribution >= 0.6 is 0 Å². The van der Waals surface area contributed by atoms with Crippen molar-refractivity contribution in [1.82, 2.24) is 9.47 Å². The van der Waals surface area contributed by atoms with Gasteiger partial charge in [0.25, 0.3) is 0 Å². The summed E-state index contributed by atoms with van der Waals surface area (Å²) in [6, 6.07) is 12.8.